The lowest BCUT2D eigenvalue weighted by atomic mass is 10.1. The van der Waals surface area contributed by atoms with Crippen LogP contribution in [-0.2, 0) is 6.61 Å². The molecule has 106 valence electrons. The third-order valence-corrected chi connectivity index (χ3v) is 3.67. The minimum Gasteiger partial charge on any atom is -0.504 e. The maximum atomic E-state index is 13.4. The fourth-order valence-corrected chi connectivity index (χ4v) is 2.32. The predicted octanol–water partition coefficient (Wildman–Crippen LogP) is 4.92. The van der Waals surface area contributed by atoms with E-state index in [9.17, 15) is 9.50 Å². The number of rotatable bonds is 3. The molecule has 3 aromatic rings. The molecule has 0 unspecified atom stereocenters. The molecule has 0 aliphatic carbocycles. The highest BCUT2D eigenvalue weighted by Gasteiger charge is 2.09. The molecule has 3 aromatic carbocycles. The average molecular weight is 303 g/mol. The Morgan fingerprint density at radius 1 is 1.00 bits per heavy atom. The molecular weight excluding hydrogens is 291 g/mol. The Labute approximate surface area is 126 Å². The minimum absolute atomic E-state index is 0.0396. The number of hydrogen-bond acceptors (Lipinski definition) is 2. The smallest absolute Gasteiger partial charge is 0.162 e. The fraction of sp³-hybridized carbons (Fsp3) is 0.0588. The maximum absolute atomic E-state index is 13.4. The molecule has 0 heterocycles. The molecule has 0 bridgehead atoms. The fourth-order valence-electron chi connectivity index (χ4n) is 2.14. The first-order valence-electron chi connectivity index (χ1n) is 6.42. The van der Waals surface area contributed by atoms with Crippen molar-refractivity contribution in [1.82, 2.24) is 0 Å². The van der Waals surface area contributed by atoms with Crippen molar-refractivity contribution in [2.24, 2.45) is 0 Å². The number of hydrogen-bond donors (Lipinski definition) is 1. The van der Waals surface area contributed by atoms with Gasteiger partial charge in [0.25, 0.3) is 0 Å². The zero-order chi connectivity index (χ0) is 14.8. The summed E-state index contributed by atoms with van der Waals surface area (Å²) in [6.45, 7) is 0.0858. The van der Waals surface area contributed by atoms with Gasteiger partial charge in [-0.3, -0.25) is 0 Å². The summed E-state index contributed by atoms with van der Waals surface area (Å²) in [7, 11) is 0. The Bertz CT molecular complexity index is 802. The van der Waals surface area contributed by atoms with Gasteiger partial charge in [-0.1, -0.05) is 48.0 Å². The molecule has 0 amide bonds. The van der Waals surface area contributed by atoms with Crippen LogP contribution >= 0.6 is 11.6 Å². The van der Waals surface area contributed by atoms with Gasteiger partial charge in [-0.25, -0.2) is 4.39 Å². The Kier molecular flexibility index (Phi) is 3.67. The molecule has 3 rings (SSSR count). The number of phenolic OH excluding ortho intramolecular Hbond substituents is 1. The largest absolute Gasteiger partial charge is 0.504 e. The van der Waals surface area contributed by atoms with E-state index in [2.05, 4.69) is 0 Å². The highest BCUT2D eigenvalue weighted by Crippen LogP contribution is 2.32. The molecule has 2 nitrogen and oxygen atoms in total. The number of halogens is 2. The standard InChI is InChI=1S/C17H12ClFO2/c18-17-13(6-3-7-14(17)19)10-21-16-9-12-5-2-1-4-11(12)8-15(16)20/h1-9,20H,10H2. The number of phenols is 1. The SMILES string of the molecule is Oc1cc2ccccc2cc1OCc1cccc(F)c1Cl. The summed E-state index contributed by atoms with van der Waals surface area (Å²) in [6, 6.07) is 15.6. The second-order valence-electron chi connectivity index (χ2n) is 4.67. The summed E-state index contributed by atoms with van der Waals surface area (Å²) >= 11 is 5.88. The van der Waals surface area contributed by atoms with Gasteiger partial charge in [-0.05, 0) is 29.0 Å². The van der Waals surface area contributed by atoms with Crippen LogP contribution in [0.25, 0.3) is 10.8 Å². The maximum Gasteiger partial charge on any atom is 0.162 e. The van der Waals surface area contributed by atoms with E-state index in [1.807, 2.05) is 24.3 Å². The van der Waals surface area contributed by atoms with E-state index in [0.717, 1.165) is 10.8 Å². The van der Waals surface area contributed by atoms with Crippen LogP contribution in [0.3, 0.4) is 0 Å². The van der Waals surface area contributed by atoms with Gasteiger partial charge in [0.2, 0.25) is 0 Å². The highest BCUT2D eigenvalue weighted by molar-refractivity contribution is 6.31. The quantitative estimate of drug-likeness (QED) is 0.744. The molecule has 0 aliphatic heterocycles. The van der Waals surface area contributed by atoms with Crippen LogP contribution in [0.5, 0.6) is 11.5 Å². The topological polar surface area (TPSA) is 29.5 Å². The van der Waals surface area contributed by atoms with Gasteiger partial charge in [-0.15, -0.1) is 0 Å². The van der Waals surface area contributed by atoms with Crippen molar-refractivity contribution in [2.75, 3.05) is 0 Å². The van der Waals surface area contributed by atoms with Crippen molar-refractivity contribution < 1.29 is 14.2 Å². The molecular formula is C17H12ClFO2. The monoisotopic (exact) mass is 302 g/mol. The minimum atomic E-state index is -0.486. The molecule has 0 saturated carbocycles. The third kappa shape index (κ3) is 2.78. The second kappa shape index (κ2) is 5.62. The highest BCUT2D eigenvalue weighted by atomic mass is 35.5. The van der Waals surface area contributed by atoms with Gasteiger partial charge >= 0.3 is 0 Å². The second-order valence-corrected chi connectivity index (χ2v) is 5.05. The van der Waals surface area contributed by atoms with Crippen LogP contribution in [0, 0.1) is 5.82 Å². The lowest BCUT2D eigenvalue weighted by Crippen LogP contribution is -1.98. The van der Waals surface area contributed by atoms with Gasteiger partial charge in [-0.2, -0.15) is 0 Å². The van der Waals surface area contributed by atoms with E-state index in [0.29, 0.717) is 11.3 Å². The molecule has 0 saturated heterocycles. The van der Waals surface area contributed by atoms with Crippen LogP contribution in [0.15, 0.2) is 54.6 Å². The van der Waals surface area contributed by atoms with E-state index >= 15 is 0 Å². The molecule has 21 heavy (non-hydrogen) atoms. The number of aromatic hydroxyl groups is 1. The number of ether oxygens (including phenoxy) is 1. The van der Waals surface area contributed by atoms with Crippen LogP contribution in [0.2, 0.25) is 5.02 Å². The summed E-state index contributed by atoms with van der Waals surface area (Å²) in [5, 5.41) is 11.9. The lowest BCUT2D eigenvalue weighted by Gasteiger charge is -2.11. The number of benzene rings is 3. The van der Waals surface area contributed by atoms with Gasteiger partial charge in [0.15, 0.2) is 11.5 Å². The first-order valence-corrected chi connectivity index (χ1v) is 6.80. The molecule has 0 radical (unpaired) electrons. The summed E-state index contributed by atoms with van der Waals surface area (Å²) in [5.41, 5.74) is 0.532. The van der Waals surface area contributed by atoms with Crippen LogP contribution in [-0.4, -0.2) is 5.11 Å². The van der Waals surface area contributed by atoms with E-state index in [4.69, 9.17) is 16.3 Å². The van der Waals surface area contributed by atoms with Gasteiger partial charge < -0.3 is 9.84 Å². The summed E-state index contributed by atoms with van der Waals surface area (Å²) in [5.74, 6) is -0.101. The first-order chi connectivity index (χ1) is 10.1. The van der Waals surface area contributed by atoms with Crippen LogP contribution < -0.4 is 4.74 Å². The Hall–Kier alpha value is -2.26. The van der Waals surface area contributed by atoms with Gasteiger partial charge in [0.1, 0.15) is 12.4 Å². The van der Waals surface area contributed by atoms with Crippen molar-refractivity contribution >= 4 is 22.4 Å². The van der Waals surface area contributed by atoms with Crippen LogP contribution in [0.1, 0.15) is 5.56 Å². The van der Waals surface area contributed by atoms with Crippen molar-refractivity contribution in [3.63, 3.8) is 0 Å². The van der Waals surface area contributed by atoms with E-state index in [-0.39, 0.29) is 17.4 Å². The molecule has 0 aliphatic rings. The van der Waals surface area contributed by atoms with Crippen molar-refractivity contribution in [2.45, 2.75) is 6.61 Å². The molecule has 0 spiro atoms. The van der Waals surface area contributed by atoms with Gasteiger partial charge in [0.05, 0.1) is 5.02 Å². The molecule has 0 fully saturated rings. The summed E-state index contributed by atoms with van der Waals surface area (Å²) in [6.07, 6.45) is 0. The van der Waals surface area contributed by atoms with E-state index in [1.165, 1.54) is 6.07 Å². The average Bonchev–Trinajstić information content (AvgIpc) is 2.49. The van der Waals surface area contributed by atoms with E-state index in [1.54, 1.807) is 24.3 Å². The molecule has 0 aromatic heterocycles. The Morgan fingerprint density at radius 2 is 1.71 bits per heavy atom. The van der Waals surface area contributed by atoms with Gasteiger partial charge in [0, 0.05) is 5.56 Å². The summed E-state index contributed by atoms with van der Waals surface area (Å²) in [4.78, 5) is 0. The third-order valence-electron chi connectivity index (χ3n) is 3.24. The van der Waals surface area contributed by atoms with Crippen LogP contribution in [0.4, 0.5) is 4.39 Å². The van der Waals surface area contributed by atoms with E-state index < -0.39 is 5.82 Å². The van der Waals surface area contributed by atoms with Crippen molar-refractivity contribution in [3.05, 3.63) is 71.0 Å². The first kappa shape index (κ1) is 13.7. The van der Waals surface area contributed by atoms with Crippen molar-refractivity contribution in [3.8, 4) is 11.5 Å². The lowest BCUT2D eigenvalue weighted by molar-refractivity contribution is 0.289. The molecule has 0 atom stereocenters. The Balaban J connectivity index is 1.88. The Morgan fingerprint density at radius 3 is 2.48 bits per heavy atom. The zero-order valence-electron chi connectivity index (χ0n) is 11.0. The normalized spacial score (nSPS) is 10.8. The number of fused-ring (bicyclic) bond motifs is 1. The predicted molar refractivity (Wildman–Crippen MR) is 81.4 cm³/mol. The molecule has 4 heteroatoms. The summed E-state index contributed by atoms with van der Waals surface area (Å²) < 4.78 is 18.9. The molecule has 1 N–H and O–H groups in total. The van der Waals surface area contributed by atoms with Crippen molar-refractivity contribution in [1.29, 1.82) is 0 Å². The zero-order valence-corrected chi connectivity index (χ0v) is 11.8.